The van der Waals surface area contributed by atoms with Gasteiger partial charge < -0.3 is 10.1 Å². The van der Waals surface area contributed by atoms with Crippen LogP contribution in [-0.4, -0.2) is 25.2 Å². The molecule has 0 aliphatic heterocycles. The molecular weight excluding hydrogens is 250 g/mol. The Morgan fingerprint density at radius 1 is 0.900 bits per heavy atom. The third kappa shape index (κ3) is 12.5. The Kier molecular flexibility index (Phi) is 14.4. The van der Waals surface area contributed by atoms with E-state index < -0.39 is 0 Å². The van der Waals surface area contributed by atoms with E-state index in [1.165, 1.54) is 57.8 Å². The number of hydrogen-bond donors (Lipinski definition) is 1. The maximum atomic E-state index is 11.4. The lowest BCUT2D eigenvalue weighted by molar-refractivity contribution is -0.145. The van der Waals surface area contributed by atoms with Crippen LogP contribution in [0.15, 0.2) is 0 Å². The highest BCUT2D eigenvalue weighted by atomic mass is 16.5. The standard InChI is InChI=1S/C17H35NO2/c1-4-6-7-8-9-10-11-12-13-14-15-18-16(3)17(19)20-5-2/h16,18H,4-15H2,1-3H3/t16-/m0/s1. The average Bonchev–Trinajstić information content (AvgIpc) is 2.44. The molecule has 0 spiro atoms. The van der Waals surface area contributed by atoms with Crippen LogP contribution in [0.25, 0.3) is 0 Å². The molecule has 3 nitrogen and oxygen atoms in total. The van der Waals surface area contributed by atoms with E-state index in [0.29, 0.717) is 6.61 Å². The molecule has 0 saturated heterocycles. The summed E-state index contributed by atoms with van der Waals surface area (Å²) in [6, 6.07) is -0.173. The Bertz CT molecular complexity index is 219. The van der Waals surface area contributed by atoms with E-state index in [4.69, 9.17) is 4.74 Å². The van der Waals surface area contributed by atoms with E-state index in [9.17, 15) is 4.79 Å². The van der Waals surface area contributed by atoms with Gasteiger partial charge in [0.1, 0.15) is 6.04 Å². The second kappa shape index (κ2) is 14.8. The average molecular weight is 285 g/mol. The molecule has 0 heterocycles. The monoisotopic (exact) mass is 285 g/mol. The van der Waals surface area contributed by atoms with Gasteiger partial charge in [-0.3, -0.25) is 4.79 Å². The van der Waals surface area contributed by atoms with E-state index in [1.54, 1.807) is 0 Å². The maximum absolute atomic E-state index is 11.4. The van der Waals surface area contributed by atoms with Crippen LogP contribution in [0.3, 0.4) is 0 Å². The normalized spacial score (nSPS) is 12.3. The van der Waals surface area contributed by atoms with Gasteiger partial charge in [0.2, 0.25) is 0 Å². The SMILES string of the molecule is CCCCCCCCCCCCN[C@@H](C)C(=O)OCC. The molecule has 0 aromatic heterocycles. The van der Waals surface area contributed by atoms with E-state index in [1.807, 2.05) is 13.8 Å². The molecule has 0 aliphatic rings. The Morgan fingerprint density at radius 3 is 1.90 bits per heavy atom. The van der Waals surface area contributed by atoms with Crippen LogP contribution in [0.5, 0.6) is 0 Å². The van der Waals surface area contributed by atoms with Gasteiger partial charge in [0.15, 0.2) is 0 Å². The minimum absolute atomic E-state index is 0.139. The van der Waals surface area contributed by atoms with Crippen LogP contribution in [0, 0.1) is 0 Å². The van der Waals surface area contributed by atoms with Crippen molar-refractivity contribution in [2.75, 3.05) is 13.2 Å². The van der Waals surface area contributed by atoms with Crippen molar-refractivity contribution in [2.45, 2.75) is 91.0 Å². The van der Waals surface area contributed by atoms with Crippen molar-refractivity contribution in [2.24, 2.45) is 0 Å². The highest BCUT2D eigenvalue weighted by Crippen LogP contribution is 2.10. The molecule has 3 heteroatoms. The first kappa shape index (κ1) is 19.4. The van der Waals surface area contributed by atoms with Gasteiger partial charge >= 0.3 is 5.97 Å². The fourth-order valence-electron chi connectivity index (χ4n) is 2.28. The van der Waals surface area contributed by atoms with Crippen LogP contribution in [-0.2, 0) is 9.53 Å². The summed E-state index contributed by atoms with van der Waals surface area (Å²) in [5, 5.41) is 3.22. The first-order valence-corrected chi connectivity index (χ1v) is 8.62. The lowest BCUT2D eigenvalue weighted by atomic mass is 10.1. The molecule has 0 rings (SSSR count). The van der Waals surface area contributed by atoms with Gasteiger partial charge in [-0.15, -0.1) is 0 Å². The van der Waals surface area contributed by atoms with Gasteiger partial charge in [0.25, 0.3) is 0 Å². The molecule has 0 unspecified atom stereocenters. The molecule has 0 saturated carbocycles. The number of rotatable bonds is 14. The number of unbranched alkanes of at least 4 members (excludes halogenated alkanes) is 9. The molecule has 1 atom stereocenters. The highest BCUT2D eigenvalue weighted by molar-refractivity contribution is 5.75. The van der Waals surface area contributed by atoms with E-state index >= 15 is 0 Å². The van der Waals surface area contributed by atoms with E-state index in [-0.39, 0.29) is 12.0 Å². The molecular formula is C17H35NO2. The Labute approximate surface area is 125 Å². The molecule has 0 aromatic rings. The van der Waals surface area contributed by atoms with E-state index in [2.05, 4.69) is 12.2 Å². The number of nitrogens with one attached hydrogen (secondary N) is 1. The lowest BCUT2D eigenvalue weighted by Crippen LogP contribution is -2.35. The zero-order chi connectivity index (χ0) is 15.1. The zero-order valence-corrected chi connectivity index (χ0v) is 13.9. The Balaban J connectivity index is 3.18. The van der Waals surface area contributed by atoms with Gasteiger partial charge in [-0.05, 0) is 26.8 Å². The Morgan fingerprint density at radius 2 is 1.40 bits per heavy atom. The summed E-state index contributed by atoms with van der Waals surface area (Å²) in [5.74, 6) is -0.139. The quantitative estimate of drug-likeness (QED) is 0.378. The summed E-state index contributed by atoms with van der Waals surface area (Å²) in [6.07, 6.45) is 13.4. The molecule has 0 aliphatic carbocycles. The van der Waals surface area contributed by atoms with Gasteiger partial charge in [0, 0.05) is 0 Å². The minimum atomic E-state index is -0.173. The van der Waals surface area contributed by atoms with Crippen molar-refractivity contribution >= 4 is 5.97 Å². The Hall–Kier alpha value is -0.570. The first-order valence-electron chi connectivity index (χ1n) is 8.62. The van der Waals surface area contributed by atoms with Crippen molar-refractivity contribution in [1.29, 1.82) is 0 Å². The fraction of sp³-hybridized carbons (Fsp3) is 0.941. The molecule has 0 fully saturated rings. The smallest absolute Gasteiger partial charge is 0.322 e. The number of hydrogen-bond acceptors (Lipinski definition) is 3. The van der Waals surface area contributed by atoms with Gasteiger partial charge in [-0.2, -0.15) is 0 Å². The number of carbonyl (C=O) groups excluding carboxylic acids is 1. The largest absolute Gasteiger partial charge is 0.465 e. The van der Waals surface area contributed by atoms with Crippen molar-refractivity contribution in [3.05, 3.63) is 0 Å². The molecule has 20 heavy (non-hydrogen) atoms. The maximum Gasteiger partial charge on any atom is 0.322 e. The molecule has 0 aromatic carbocycles. The summed E-state index contributed by atoms with van der Waals surface area (Å²) in [7, 11) is 0. The molecule has 120 valence electrons. The second-order valence-corrected chi connectivity index (χ2v) is 5.61. The summed E-state index contributed by atoms with van der Waals surface area (Å²) in [4.78, 5) is 11.4. The van der Waals surface area contributed by atoms with Crippen molar-refractivity contribution in [3.63, 3.8) is 0 Å². The second-order valence-electron chi connectivity index (χ2n) is 5.61. The summed E-state index contributed by atoms with van der Waals surface area (Å²) >= 11 is 0. The van der Waals surface area contributed by atoms with Crippen LogP contribution in [0.2, 0.25) is 0 Å². The molecule has 0 bridgehead atoms. The van der Waals surface area contributed by atoms with Gasteiger partial charge in [0.05, 0.1) is 6.61 Å². The lowest BCUT2D eigenvalue weighted by Gasteiger charge is -2.12. The van der Waals surface area contributed by atoms with Crippen molar-refractivity contribution in [1.82, 2.24) is 5.32 Å². The third-order valence-electron chi connectivity index (χ3n) is 3.62. The topological polar surface area (TPSA) is 38.3 Å². The van der Waals surface area contributed by atoms with Crippen LogP contribution >= 0.6 is 0 Å². The molecule has 0 amide bonds. The van der Waals surface area contributed by atoms with Crippen LogP contribution < -0.4 is 5.32 Å². The van der Waals surface area contributed by atoms with E-state index in [0.717, 1.165) is 13.0 Å². The summed E-state index contributed by atoms with van der Waals surface area (Å²) < 4.78 is 4.95. The predicted octanol–water partition coefficient (Wildman–Crippen LogP) is 4.45. The third-order valence-corrected chi connectivity index (χ3v) is 3.62. The summed E-state index contributed by atoms with van der Waals surface area (Å²) in [6.45, 7) is 7.34. The van der Waals surface area contributed by atoms with Crippen molar-refractivity contribution < 1.29 is 9.53 Å². The minimum Gasteiger partial charge on any atom is -0.465 e. The van der Waals surface area contributed by atoms with Gasteiger partial charge in [-0.25, -0.2) is 0 Å². The molecule has 0 radical (unpaired) electrons. The van der Waals surface area contributed by atoms with Gasteiger partial charge in [-0.1, -0.05) is 64.7 Å². The first-order chi connectivity index (χ1) is 9.72. The predicted molar refractivity (Wildman–Crippen MR) is 85.9 cm³/mol. The summed E-state index contributed by atoms with van der Waals surface area (Å²) in [5.41, 5.74) is 0. The van der Waals surface area contributed by atoms with Crippen molar-refractivity contribution in [3.8, 4) is 0 Å². The number of carbonyl (C=O) groups is 1. The van der Waals surface area contributed by atoms with Crippen LogP contribution in [0.1, 0.15) is 85.0 Å². The van der Waals surface area contributed by atoms with Crippen LogP contribution in [0.4, 0.5) is 0 Å². The number of esters is 1. The molecule has 1 N–H and O–H groups in total. The fourth-order valence-corrected chi connectivity index (χ4v) is 2.28. The zero-order valence-electron chi connectivity index (χ0n) is 13.9. The highest BCUT2D eigenvalue weighted by Gasteiger charge is 2.11. The number of ether oxygens (including phenoxy) is 1.